The first-order valence-corrected chi connectivity index (χ1v) is 8.73. The van der Waals surface area contributed by atoms with Crippen LogP contribution in [0.4, 0.5) is 5.69 Å². The third-order valence-corrected chi connectivity index (χ3v) is 5.21. The van der Waals surface area contributed by atoms with Crippen LogP contribution < -0.4 is 4.67 Å². The van der Waals surface area contributed by atoms with E-state index in [1.807, 2.05) is 66.7 Å². The van der Waals surface area contributed by atoms with E-state index in [1.165, 1.54) is 0 Å². The van der Waals surface area contributed by atoms with Gasteiger partial charge < -0.3 is 4.52 Å². The van der Waals surface area contributed by atoms with Gasteiger partial charge in [0.05, 0.1) is 6.54 Å². The number of hydrogen-bond acceptors (Lipinski definition) is 2. The second kappa shape index (κ2) is 5.35. The Morgan fingerprint density at radius 2 is 1.60 bits per heavy atom. The van der Waals surface area contributed by atoms with E-state index in [2.05, 4.69) is 0 Å². The van der Waals surface area contributed by atoms with Crippen molar-refractivity contribution in [2.24, 2.45) is 0 Å². The molecule has 1 atom stereocenters. The van der Waals surface area contributed by atoms with Crippen molar-refractivity contribution in [2.45, 2.75) is 0 Å². The SMILES string of the molecule is O=P1(Cl)OC(c2ccccc2)=CCN1c1ccccc1. The van der Waals surface area contributed by atoms with Gasteiger partial charge in [0, 0.05) is 22.5 Å². The predicted molar refractivity (Wildman–Crippen MR) is 82.8 cm³/mol. The maximum absolute atomic E-state index is 12.6. The van der Waals surface area contributed by atoms with Crippen molar-refractivity contribution in [1.29, 1.82) is 0 Å². The van der Waals surface area contributed by atoms with Crippen molar-refractivity contribution >= 4 is 29.6 Å². The van der Waals surface area contributed by atoms with E-state index in [9.17, 15) is 4.57 Å². The Morgan fingerprint density at radius 1 is 1.00 bits per heavy atom. The highest BCUT2D eigenvalue weighted by Crippen LogP contribution is 2.61. The molecule has 0 aliphatic carbocycles. The molecule has 5 heteroatoms. The third kappa shape index (κ3) is 2.60. The van der Waals surface area contributed by atoms with Crippen LogP contribution in [-0.2, 0) is 9.09 Å². The standard InChI is InChI=1S/C15H13ClNO2P/c16-20(18)17(14-9-5-2-6-10-14)12-11-15(19-20)13-7-3-1-4-8-13/h1-11H,12H2. The van der Waals surface area contributed by atoms with Gasteiger partial charge in [-0.15, -0.1) is 0 Å². The van der Waals surface area contributed by atoms with Crippen LogP contribution in [0, 0.1) is 0 Å². The first-order valence-electron chi connectivity index (χ1n) is 6.25. The maximum atomic E-state index is 12.6. The maximum Gasteiger partial charge on any atom is 0.438 e. The van der Waals surface area contributed by atoms with Gasteiger partial charge in [0.15, 0.2) is 0 Å². The van der Waals surface area contributed by atoms with Crippen LogP contribution in [-0.4, -0.2) is 6.54 Å². The molecular weight excluding hydrogens is 293 g/mol. The predicted octanol–water partition coefficient (Wildman–Crippen LogP) is 4.91. The van der Waals surface area contributed by atoms with Crippen LogP contribution in [0.2, 0.25) is 0 Å². The summed E-state index contributed by atoms with van der Waals surface area (Å²) < 4.78 is 19.7. The Labute approximate surface area is 122 Å². The zero-order valence-corrected chi connectivity index (χ0v) is 12.3. The molecule has 2 aromatic carbocycles. The minimum Gasteiger partial charge on any atom is -0.418 e. The molecule has 0 saturated carbocycles. The Bertz CT molecular complexity index is 673. The molecule has 1 unspecified atom stereocenters. The van der Waals surface area contributed by atoms with E-state index in [-0.39, 0.29) is 0 Å². The normalized spacial score (nSPS) is 22.1. The first-order chi connectivity index (χ1) is 9.67. The minimum absolute atomic E-state index is 0.453. The number of rotatable bonds is 2. The fourth-order valence-corrected chi connectivity index (χ4v) is 3.97. The summed E-state index contributed by atoms with van der Waals surface area (Å²) in [5.74, 6) is 0.566. The van der Waals surface area contributed by atoms with Gasteiger partial charge in [-0.25, -0.2) is 4.57 Å². The molecule has 0 spiro atoms. The largest absolute Gasteiger partial charge is 0.438 e. The van der Waals surface area contributed by atoms with Crippen molar-refractivity contribution in [3.8, 4) is 0 Å². The fraction of sp³-hybridized carbons (Fsp3) is 0.0667. The monoisotopic (exact) mass is 305 g/mol. The summed E-state index contributed by atoms with van der Waals surface area (Å²) in [5, 5.41) is 0. The van der Waals surface area contributed by atoms with Crippen molar-refractivity contribution in [3.05, 3.63) is 72.3 Å². The lowest BCUT2D eigenvalue weighted by molar-refractivity contribution is 0.466. The average Bonchev–Trinajstić information content (AvgIpc) is 2.48. The summed E-state index contributed by atoms with van der Waals surface area (Å²) in [7, 11) is 0. The highest BCUT2D eigenvalue weighted by molar-refractivity contribution is 7.86. The van der Waals surface area contributed by atoms with Crippen LogP contribution in [0.25, 0.3) is 5.76 Å². The van der Waals surface area contributed by atoms with Crippen LogP contribution in [0.15, 0.2) is 66.7 Å². The van der Waals surface area contributed by atoms with Gasteiger partial charge in [0.25, 0.3) is 0 Å². The molecular formula is C15H13ClNO2P. The molecule has 0 amide bonds. The second-order valence-electron chi connectivity index (χ2n) is 4.39. The Hall–Kier alpha value is -1.70. The summed E-state index contributed by atoms with van der Waals surface area (Å²) in [6.07, 6.45) is 1.89. The minimum atomic E-state index is -3.40. The number of halogens is 1. The number of nitrogens with zero attached hydrogens (tertiary/aromatic N) is 1. The highest BCUT2D eigenvalue weighted by Gasteiger charge is 2.35. The molecule has 0 aromatic heterocycles. The second-order valence-corrected chi connectivity index (χ2v) is 7.24. The zero-order chi connectivity index (χ0) is 14.0. The van der Waals surface area contributed by atoms with E-state index < -0.39 is 6.87 Å². The molecule has 102 valence electrons. The van der Waals surface area contributed by atoms with Gasteiger partial charge in [-0.3, -0.25) is 4.67 Å². The first kappa shape index (κ1) is 13.3. The average molecular weight is 306 g/mol. The Morgan fingerprint density at radius 3 is 2.20 bits per heavy atom. The lowest BCUT2D eigenvalue weighted by atomic mass is 10.2. The quantitative estimate of drug-likeness (QED) is 0.738. The molecule has 1 aliphatic heterocycles. The van der Waals surface area contributed by atoms with Crippen molar-refractivity contribution < 1.29 is 9.09 Å². The topological polar surface area (TPSA) is 29.5 Å². The summed E-state index contributed by atoms with van der Waals surface area (Å²) >= 11 is 6.14. The van der Waals surface area contributed by atoms with Gasteiger partial charge in [0.2, 0.25) is 0 Å². The van der Waals surface area contributed by atoms with Crippen LogP contribution >= 0.6 is 18.1 Å². The molecule has 2 aromatic rings. The summed E-state index contributed by atoms with van der Waals surface area (Å²) in [6.45, 7) is -2.95. The van der Waals surface area contributed by atoms with Gasteiger partial charge >= 0.3 is 6.87 Å². The molecule has 1 aliphatic rings. The zero-order valence-electron chi connectivity index (χ0n) is 10.6. The molecule has 0 bridgehead atoms. The molecule has 0 radical (unpaired) electrons. The van der Waals surface area contributed by atoms with E-state index in [1.54, 1.807) is 4.67 Å². The Kier molecular flexibility index (Phi) is 3.56. The van der Waals surface area contributed by atoms with Gasteiger partial charge in [-0.2, -0.15) is 0 Å². The highest BCUT2D eigenvalue weighted by atomic mass is 35.7. The van der Waals surface area contributed by atoms with E-state index >= 15 is 0 Å². The molecule has 0 N–H and O–H groups in total. The van der Waals surface area contributed by atoms with Crippen LogP contribution in [0.1, 0.15) is 5.56 Å². The molecule has 0 saturated heterocycles. The third-order valence-electron chi connectivity index (χ3n) is 3.06. The van der Waals surface area contributed by atoms with Crippen LogP contribution in [0.3, 0.4) is 0 Å². The summed E-state index contributed by atoms with van der Waals surface area (Å²) in [6, 6.07) is 18.9. The van der Waals surface area contributed by atoms with Gasteiger partial charge in [-0.05, 0) is 18.2 Å². The van der Waals surface area contributed by atoms with Crippen molar-refractivity contribution in [3.63, 3.8) is 0 Å². The fourth-order valence-electron chi connectivity index (χ4n) is 2.09. The van der Waals surface area contributed by atoms with E-state index in [4.69, 9.17) is 15.8 Å². The molecule has 1 heterocycles. The van der Waals surface area contributed by atoms with E-state index in [0.717, 1.165) is 11.3 Å². The Balaban J connectivity index is 1.93. The van der Waals surface area contributed by atoms with Gasteiger partial charge in [-0.1, -0.05) is 48.5 Å². The molecule has 3 nitrogen and oxygen atoms in total. The summed E-state index contributed by atoms with van der Waals surface area (Å²) in [4.78, 5) is 0. The molecule has 3 rings (SSSR count). The lowest BCUT2D eigenvalue weighted by Crippen LogP contribution is -2.22. The number of hydrogen-bond donors (Lipinski definition) is 0. The van der Waals surface area contributed by atoms with E-state index in [0.29, 0.717) is 12.3 Å². The summed E-state index contributed by atoms with van der Waals surface area (Å²) in [5.41, 5.74) is 1.66. The number of para-hydroxylation sites is 1. The van der Waals surface area contributed by atoms with Crippen LogP contribution in [0.5, 0.6) is 0 Å². The van der Waals surface area contributed by atoms with Crippen molar-refractivity contribution in [1.82, 2.24) is 0 Å². The van der Waals surface area contributed by atoms with Crippen molar-refractivity contribution in [2.75, 3.05) is 11.2 Å². The molecule has 20 heavy (non-hydrogen) atoms. The van der Waals surface area contributed by atoms with Gasteiger partial charge in [0.1, 0.15) is 5.76 Å². The smallest absolute Gasteiger partial charge is 0.418 e. The number of benzene rings is 2. The molecule has 0 fully saturated rings. The lowest BCUT2D eigenvalue weighted by Gasteiger charge is -2.32. The number of anilines is 1.